The maximum absolute atomic E-state index is 13.0. The third-order valence-corrected chi connectivity index (χ3v) is 7.77. The maximum atomic E-state index is 13.0. The van der Waals surface area contributed by atoms with Gasteiger partial charge in [-0.05, 0) is 63.2 Å². The van der Waals surface area contributed by atoms with Gasteiger partial charge in [0, 0.05) is 0 Å². The predicted octanol–water partition coefficient (Wildman–Crippen LogP) is 5.14. The van der Waals surface area contributed by atoms with Crippen LogP contribution in [0, 0.1) is 22.7 Å². The fourth-order valence-electron chi connectivity index (χ4n) is 4.73. The van der Waals surface area contributed by atoms with Crippen molar-refractivity contribution in [2.24, 2.45) is 22.7 Å². The standard InChI is InChI=1S/C16H24Cl2O/c1-11-3-7-14(8-4-11)13(19)15(16(14,17)18)9-5-12(2)6-10-15/h11-12H,3-10H2,1-2H3. The fraction of sp³-hybridized carbons (Fsp3) is 0.938. The second-order valence-corrected chi connectivity index (χ2v) is 8.76. The van der Waals surface area contributed by atoms with Gasteiger partial charge < -0.3 is 0 Å². The van der Waals surface area contributed by atoms with E-state index >= 15 is 0 Å². The minimum atomic E-state index is -0.808. The molecular weight excluding hydrogens is 279 g/mol. The molecule has 0 radical (unpaired) electrons. The van der Waals surface area contributed by atoms with Gasteiger partial charge in [-0.25, -0.2) is 0 Å². The highest BCUT2D eigenvalue weighted by Crippen LogP contribution is 2.74. The Morgan fingerprint density at radius 1 is 0.842 bits per heavy atom. The Kier molecular flexibility index (Phi) is 3.27. The van der Waals surface area contributed by atoms with Crippen molar-refractivity contribution >= 4 is 29.0 Å². The second kappa shape index (κ2) is 4.37. The molecule has 3 heteroatoms. The van der Waals surface area contributed by atoms with Gasteiger partial charge in [-0.15, -0.1) is 0 Å². The third kappa shape index (κ3) is 1.64. The Morgan fingerprint density at radius 3 is 1.42 bits per heavy atom. The summed E-state index contributed by atoms with van der Waals surface area (Å²) in [4.78, 5) is 13.0. The molecule has 2 spiro atoms. The van der Waals surface area contributed by atoms with Crippen LogP contribution in [0.1, 0.15) is 65.2 Å². The molecule has 0 atom stereocenters. The number of rotatable bonds is 0. The summed E-state index contributed by atoms with van der Waals surface area (Å²) in [6.07, 6.45) is 7.99. The molecule has 3 rings (SSSR count). The van der Waals surface area contributed by atoms with Crippen LogP contribution in [0.3, 0.4) is 0 Å². The first-order valence-corrected chi connectivity index (χ1v) is 8.54. The molecule has 0 aliphatic heterocycles. The number of hydrogen-bond acceptors (Lipinski definition) is 1. The second-order valence-electron chi connectivity index (χ2n) is 7.43. The van der Waals surface area contributed by atoms with Gasteiger partial charge in [0.15, 0.2) is 5.78 Å². The molecule has 0 saturated heterocycles. The minimum absolute atomic E-state index is 0.406. The van der Waals surface area contributed by atoms with Crippen molar-refractivity contribution in [1.29, 1.82) is 0 Å². The molecule has 0 aromatic carbocycles. The molecule has 0 bridgehead atoms. The molecule has 19 heavy (non-hydrogen) atoms. The Balaban J connectivity index is 1.86. The van der Waals surface area contributed by atoms with Crippen LogP contribution in [-0.2, 0) is 4.79 Å². The van der Waals surface area contributed by atoms with E-state index in [2.05, 4.69) is 13.8 Å². The SMILES string of the molecule is CC1CCC2(CC1)C(=O)C1(CCC(C)CC1)C2(Cl)Cl. The molecule has 1 nitrogen and oxygen atoms in total. The Labute approximate surface area is 126 Å². The minimum Gasteiger partial charge on any atom is -0.298 e. The van der Waals surface area contributed by atoms with E-state index in [0.29, 0.717) is 17.6 Å². The first-order valence-electron chi connectivity index (χ1n) is 7.78. The Morgan fingerprint density at radius 2 is 1.16 bits per heavy atom. The van der Waals surface area contributed by atoms with Gasteiger partial charge in [0.2, 0.25) is 0 Å². The highest BCUT2D eigenvalue weighted by atomic mass is 35.5. The van der Waals surface area contributed by atoms with E-state index in [9.17, 15) is 4.79 Å². The smallest absolute Gasteiger partial charge is 0.151 e. The van der Waals surface area contributed by atoms with Crippen molar-refractivity contribution in [3.63, 3.8) is 0 Å². The molecule has 3 aliphatic carbocycles. The number of alkyl halides is 2. The van der Waals surface area contributed by atoms with Crippen molar-refractivity contribution in [3.8, 4) is 0 Å². The van der Waals surface area contributed by atoms with E-state index in [1.807, 2.05) is 0 Å². The quantitative estimate of drug-likeness (QED) is 0.567. The third-order valence-electron chi connectivity index (χ3n) is 6.33. The molecule has 0 aromatic heterocycles. The molecule has 0 unspecified atom stereocenters. The molecule has 3 aliphatic rings. The van der Waals surface area contributed by atoms with Gasteiger partial charge in [-0.2, -0.15) is 0 Å². The van der Waals surface area contributed by atoms with E-state index in [1.54, 1.807) is 0 Å². The summed E-state index contributed by atoms with van der Waals surface area (Å²) in [5.41, 5.74) is -0.827. The van der Waals surface area contributed by atoms with Crippen molar-refractivity contribution < 1.29 is 4.79 Å². The van der Waals surface area contributed by atoms with E-state index in [1.165, 1.54) is 0 Å². The van der Waals surface area contributed by atoms with Crippen molar-refractivity contribution in [2.75, 3.05) is 0 Å². The first kappa shape index (κ1) is 14.2. The lowest BCUT2D eigenvalue weighted by Crippen LogP contribution is -2.74. The van der Waals surface area contributed by atoms with Crippen molar-refractivity contribution in [1.82, 2.24) is 0 Å². The molecule has 0 amide bonds. The molecular formula is C16H24Cl2O. The average molecular weight is 303 g/mol. The van der Waals surface area contributed by atoms with Crippen LogP contribution in [0.15, 0.2) is 0 Å². The number of hydrogen-bond donors (Lipinski definition) is 0. The van der Waals surface area contributed by atoms with Crippen molar-refractivity contribution in [2.45, 2.75) is 69.5 Å². The lowest BCUT2D eigenvalue weighted by atomic mass is 9.42. The van der Waals surface area contributed by atoms with Crippen LogP contribution in [-0.4, -0.2) is 10.1 Å². The van der Waals surface area contributed by atoms with Gasteiger partial charge in [0.1, 0.15) is 4.33 Å². The molecule has 0 heterocycles. The topological polar surface area (TPSA) is 17.1 Å². The molecule has 3 fully saturated rings. The fourth-order valence-corrected chi connectivity index (χ4v) is 5.83. The van der Waals surface area contributed by atoms with Crippen molar-refractivity contribution in [3.05, 3.63) is 0 Å². The Bertz CT molecular complexity index is 352. The molecule has 108 valence electrons. The van der Waals surface area contributed by atoms with Gasteiger partial charge in [0.25, 0.3) is 0 Å². The maximum Gasteiger partial charge on any atom is 0.151 e. The molecule has 0 N–H and O–H groups in total. The first-order chi connectivity index (χ1) is 8.86. The van der Waals surface area contributed by atoms with Gasteiger partial charge >= 0.3 is 0 Å². The van der Waals surface area contributed by atoms with E-state index in [0.717, 1.165) is 51.4 Å². The highest BCUT2D eigenvalue weighted by molar-refractivity contribution is 6.55. The average Bonchev–Trinajstić information content (AvgIpc) is 2.39. The summed E-state index contributed by atoms with van der Waals surface area (Å²) in [6, 6.07) is 0. The van der Waals surface area contributed by atoms with E-state index in [-0.39, 0.29) is 0 Å². The van der Waals surface area contributed by atoms with Gasteiger partial charge in [-0.1, -0.05) is 37.0 Å². The zero-order valence-corrected chi connectivity index (χ0v) is 13.5. The van der Waals surface area contributed by atoms with Gasteiger partial charge in [-0.3, -0.25) is 4.79 Å². The largest absolute Gasteiger partial charge is 0.298 e. The zero-order chi connectivity index (χ0) is 13.9. The van der Waals surface area contributed by atoms with Crippen LogP contribution >= 0.6 is 23.2 Å². The van der Waals surface area contributed by atoms with Gasteiger partial charge in [0.05, 0.1) is 10.8 Å². The molecule has 0 aromatic rings. The summed E-state index contributed by atoms with van der Waals surface area (Å²) in [5.74, 6) is 1.83. The number of carbonyl (C=O) groups is 1. The predicted molar refractivity (Wildman–Crippen MR) is 79.6 cm³/mol. The highest BCUT2D eigenvalue weighted by Gasteiger charge is 2.78. The zero-order valence-electron chi connectivity index (χ0n) is 12.0. The van der Waals surface area contributed by atoms with Crippen LogP contribution in [0.4, 0.5) is 0 Å². The van der Waals surface area contributed by atoms with Crippen LogP contribution in [0.5, 0.6) is 0 Å². The number of halogens is 2. The Hall–Kier alpha value is 0.250. The summed E-state index contributed by atoms with van der Waals surface area (Å²) in [6.45, 7) is 4.52. The van der Waals surface area contributed by atoms with E-state index in [4.69, 9.17) is 23.2 Å². The van der Waals surface area contributed by atoms with E-state index < -0.39 is 15.2 Å². The number of carbonyl (C=O) groups excluding carboxylic acids is 1. The summed E-state index contributed by atoms with van der Waals surface area (Å²) in [7, 11) is 0. The summed E-state index contributed by atoms with van der Waals surface area (Å²) in [5, 5.41) is 0. The lowest BCUT2D eigenvalue weighted by molar-refractivity contribution is -0.171. The van der Waals surface area contributed by atoms with Crippen LogP contribution in [0.2, 0.25) is 0 Å². The monoisotopic (exact) mass is 302 g/mol. The van der Waals surface area contributed by atoms with Crippen LogP contribution in [0.25, 0.3) is 0 Å². The normalized spacial score (nSPS) is 49.4. The molecule has 3 saturated carbocycles. The number of ketones is 1. The van der Waals surface area contributed by atoms with Crippen LogP contribution < -0.4 is 0 Å². The number of Topliss-reactive ketones (excluding diaryl/α,β-unsaturated/α-hetero) is 1. The summed E-state index contributed by atoms with van der Waals surface area (Å²) >= 11 is 13.6. The lowest BCUT2D eigenvalue weighted by Gasteiger charge is -2.66. The summed E-state index contributed by atoms with van der Waals surface area (Å²) < 4.78 is -0.808.